The fourth-order valence-electron chi connectivity index (χ4n) is 1.63. The highest BCUT2D eigenvalue weighted by molar-refractivity contribution is 7.09. The van der Waals surface area contributed by atoms with Gasteiger partial charge >= 0.3 is 0 Å². The SMILES string of the molecule is CC(C)(C)c1csc(CNc2c(F)c(F)cc(F)c2F)n1. The second-order valence-corrected chi connectivity index (χ2v) is 6.52. The van der Waals surface area contributed by atoms with Gasteiger partial charge in [-0.2, -0.15) is 0 Å². The highest BCUT2D eigenvalue weighted by Crippen LogP contribution is 2.27. The molecule has 0 amide bonds. The number of benzene rings is 1. The van der Waals surface area contributed by atoms with E-state index in [0.717, 1.165) is 5.69 Å². The van der Waals surface area contributed by atoms with Crippen LogP contribution in [-0.4, -0.2) is 4.98 Å². The molecule has 0 aliphatic carbocycles. The number of aromatic nitrogens is 1. The summed E-state index contributed by atoms with van der Waals surface area (Å²) >= 11 is 1.31. The number of halogens is 4. The minimum absolute atomic E-state index is 0.0164. The normalized spacial score (nSPS) is 11.8. The van der Waals surface area contributed by atoms with Gasteiger partial charge in [-0.25, -0.2) is 22.5 Å². The molecule has 7 heteroatoms. The van der Waals surface area contributed by atoms with E-state index in [4.69, 9.17) is 0 Å². The summed E-state index contributed by atoms with van der Waals surface area (Å²) in [6.07, 6.45) is 0. The summed E-state index contributed by atoms with van der Waals surface area (Å²) < 4.78 is 53.1. The molecule has 0 aliphatic rings. The van der Waals surface area contributed by atoms with Gasteiger partial charge in [-0.1, -0.05) is 20.8 Å². The summed E-state index contributed by atoms with van der Waals surface area (Å²) in [6, 6.07) is 0.178. The lowest BCUT2D eigenvalue weighted by Gasteiger charge is -2.14. The molecule has 0 radical (unpaired) electrons. The Hall–Kier alpha value is -1.63. The Morgan fingerprint density at radius 2 is 1.67 bits per heavy atom. The van der Waals surface area contributed by atoms with Crippen molar-refractivity contribution in [1.82, 2.24) is 4.98 Å². The van der Waals surface area contributed by atoms with Crippen molar-refractivity contribution >= 4 is 17.0 Å². The van der Waals surface area contributed by atoms with Gasteiger partial charge in [0.05, 0.1) is 12.2 Å². The maximum Gasteiger partial charge on any atom is 0.185 e. The predicted octanol–water partition coefficient (Wildman–Crippen LogP) is 4.61. The Kier molecular flexibility index (Phi) is 4.22. The molecule has 2 aromatic rings. The number of hydrogen-bond acceptors (Lipinski definition) is 3. The van der Waals surface area contributed by atoms with E-state index in [-0.39, 0.29) is 18.0 Å². The van der Waals surface area contributed by atoms with Gasteiger partial charge in [-0.05, 0) is 0 Å². The third kappa shape index (κ3) is 3.34. The second kappa shape index (κ2) is 5.63. The van der Waals surface area contributed by atoms with Crippen LogP contribution in [0, 0.1) is 23.3 Å². The van der Waals surface area contributed by atoms with Gasteiger partial charge in [-0.15, -0.1) is 11.3 Å². The molecule has 21 heavy (non-hydrogen) atoms. The fourth-order valence-corrected chi connectivity index (χ4v) is 2.59. The van der Waals surface area contributed by atoms with Gasteiger partial charge < -0.3 is 5.32 Å². The molecule has 0 unspecified atom stereocenters. The number of hydrogen-bond donors (Lipinski definition) is 1. The topological polar surface area (TPSA) is 24.9 Å². The Morgan fingerprint density at radius 3 is 2.14 bits per heavy atom. The average molecular weight is 318 g/mol. The van der Waals surface area contributed by atoms with E-state index in [0.29, 0.717) is 5.01 Å². The number of rotatable bonds is 3. The number of thiazole rings is 1. The molecule has 0 bridgehead atoms. The zero-order chi connectivity index (χ0) is 15.8. The van der Waals surface area contributed by atoms with E-state index in [9.17, 15) is 17.6 Å². The quantitative estimate of drug-likeness (QED) is 0.660. The third-order valence-corrected chi connectivity index (χ3v) is 3.70. The molecule has 0 aliphatic heterocycles. The van der Waals surface area contributed by atoms with Gasteiger partial charge in [0.1, 0.15) is 10.7 Å². The molecule has 2 rings (SSSR count). The van der Waals surface area contributed by atoms with Crippen LogP contribution in [0.2, 0.25) is 0 Å². The van der Waals surface area contributed by atoms with E-state index in [1.807, 2.05) is 26.2 Å². The van der Waals surface area contributed by atoms with Crippen molar-refractivity contribution in [3.8, 4) is 0 Å². The largest absolute Gasteiger partial charge is 0.374 e. The monoisotopic (exact) mass is 318 g/mol. The molecule has 1 heterocycles. The molecular formula is C14H14F4N2S. The Labute approximate surface area is 123 Å². The molecule has 0 saturated carbocycles. The lowest BCUT2D eigenvalue weighted by molar-refractivity contribution is 0.458. The molecule has 2 nitrogen and oxygen atoms in total. The molecule has 1 N–H and O–H groups in total. The van der Waals surface area contributed by atoms with Crippen LogP contribution in [0.25, 0.3) is 0 Å². The van der Waals surface area contributed by atoms with E-state index in [1.54, 1.807) is 0 Å². The number of nitrogens with one attached hydrogen (secondary N) is 1. The molecule has 0 fully saturated rings. The molecule has 1 aromatic heterocycles. The van der Waals surface area contributed by atoms with Crippen molar-refractivity contribution < 1.29 is 17.6 Å². The zero-order valence-corrected chi connectivity index (χ0v) is 12.5. The zero-order valence-electron chi connectivity index (χ0n) is 11.7. The molecule has 1 aromatic carbocycles. The predicted molar refractivity (Wildman–Crippen MR) is 74.4 cm³/mol. The van der Waals surface area contributed by atoms with Gasteiger partial charge in [-0.3, -0.25) is 0 Å². The van der Waals surface area contributed by atoms with Crippen molar-refractivity contribution in [3.63, 3.8) is 0 Å². The minimum atomic E-state index is -1.44. The summed E-state index contributed by atoms with van der Waals surface area (Å²) in [5, 5.41) is 4.78. The first-order chi connectivity index (χ1) is 9.70. The second-order valence-electron chi connectivity index (χ2n) is 5.57. The highest BCUT2D eigenvalue weighted by Gasteiger charge is 2.20. The maximum absolute atomic E-state index is 13.5. The number of nitrogens with zero attached hydrogens (tertiary/aromatic N) is 1. The van der Waals surface area contributed by atoms with Gasteiger partial charge in [0.25, 0.3) is 0 Å². The van der Waals surface area contributed by atoms with Gasteiger partial charge in [0, 0.05) is 16.9 Å². The summed E-state index contributed by atoms with van der Waals surface area (Å²) in [6.45, 7) is 5.94. The summed E-state index contributed by atoms with van der Waals surface area (Å²) in [7, 11) is 0. The van der Waals surface area contributed by atoms with Crippen LogP contribution in [0.1, 0.15) is 31.5 Å². The van der Waals surface area contributed by atoms with Crippen molar-refractivity contribution in [3.05, 3.63) is 45.4 Å². The minimum Gasteiger partial charge on any atom is -0.374 e. The van der Waals surface area contributed by atoms with Crippen LogP contribution < -0.4 is 5.32 Å². The maximum atomic E-state index is 13.5. The fraction of sp³-hybridized carbons (Fsp3) is 0.357. The Morgan fingerprint density at radius 1 is 1.10 bits per heavy atom. The molecule has 0 atom stereocenters. The Bertz CT molecular complexity index is 635. The van der Waals surface area contributed by atoms with Gasteiger partial charge in [0.2, 0.25) is 0 Å². The van der Waals surface area contributed by atoms with Crippen molar-refractivity contribution in [2.45, 2.75) is 32.7 Å². The standard InChI is InChI=1S/C14H14F4N2S/c1-14(2,3)9-6-21-10(20-9)5-19-13-11(17)7(15)4-8(16)12(13)18/h4,6,19H,5H2,1-3H3. The molecule has 0 spiro atoms. The van der Waals surface area contributed by atoms with E-state index < -0.39 is 29.0 Å². The lowest BCUT2D eigenvalue weighted by Crippen LogP contribution is -2.12. The van der Waals surface area contributed by atoms with Crippen LogP contribution in [0.15, 0.2) is 11.4 Å². The Balaban J connectivity index is 2.19. The van der Waals surface area contributed by atoms with Crippen molar-refractivity contribution in [2.75, 3.05) is 5.32 Å². The number of anilines is 1. The molecular weight excluding hydrogens is 304 g/mol. The van der Waals surface area contributed by atoms with E-state index in [1.165, 1.54) is 11.3 Å². The highest BCUT2D eigenvalue weighted by atomic mass is 32.1. The van der Waals surface area contributed by atoms with Crippen LogP contribution >= 0.6 is 11.3 Å². The van der Waals surface area contributed by atoms with Crippen LogP contribution in [0.4, 0.5) is 23.2 Å². The van der Waals surface area contributed by atoms with Crippen LogP contribution in [0.5, 0.6) is 0 Å². The average Bonchev–Trinajstić information content (AvgIpc) is 2.85. The third-order valence-electron chi connectivity index (χ3n) is 2.85. The first-order valence-electron chi connectivity index (χ1n) is 6.22. The van der Waals surface area contributed by atoms with E-state index in [2.05, 4.69) is 10.3 Å². The first kappa shape index (κ1) is 15.8. The smallest absolute Gasteiger partial charge is 0.185 e. The van der Waals surface area contributed by atoms with Gasteiger partial charge in [0.15, 0.2) is 23.3 Å². The summed E-state index contributed by atoms with van der Waals surface area (Å²) in [5.41, 5.74) is -0.119. The molecule has 114 valence electrons. The van der Waals surface area contributed by atoms with Crippen LogP contribution in [0.3, 0.4) is 0 Å². The lowest BCUT2D eigenvalue weighted by atomic mass is 9.93. The van der Waals surface area contributed by atoms with E-state index >= 15 is 0 Å². The van der Waals surface area contributed by atoms with Crippen molar-refractivity contribution in [2.24, 2.45) is 0 Å². The first-order valence-corrected chi connectivity index (χ1v) is 7.10. The summed E-state index contributed by atoms with van der Waals surface area (Å²) in [4.78, 5) is 4.32. The molecule has 0 saturated heterocycles. The van der Waals surface area contributed by atoms with Crippen LogP contribution in [-0.2, 0) is 12.0 Å². The summed E-state index contributed by atoms with van der Waals surface area (Å²) in [5.74, 6) is -5.76. The van der Waals surface area contributed by atoms with Crippen molar-refractivity contribution in [1.29, 1.82) is 0 Å².